The predicted molar refractivity (Wildman–Crippen MR) is 144 cm³/mol. The van der Waals surface area contributed by atoms with Crippen LogP contribution in [0, 0.1) is 6.92 Å². The number of nitrogens with zero attached hydrogens (tertiary/aromatic N) is 6. The zero-order valence-electron chi connectivity index (χ0n) is 23.0. The highest BCUT2D eigenvalue weighted by molar-refractivity contribution is 5.78. The second kappa shape index (κ2) is 12.5. The summed E-state index contributed by atoms with van der Waals surface area (Å²) in [6.07, 6.45) is 4.50. The van der Waals surface area contributed by atoms with E-state index < -0.39 is 12.1 Å². The van der Waals surface area contributed by atoms with Crippen molar-refractivity contribution in [3.8, 4) is 17.4 Å². The molecule has 0 saturated carbocycles. The molecular formula is C27H35N7O5. The number of anilines is 1. The fraction of sp³-hybridized carbons (Fsp3) is 0.444. The SMILES string of the molecule is COc1ccc(CNC(=O)CC2CN(c3cc(C)nc(-n4ccnc4)n3)CCN2C(=O)OC(C)C)cc1OC. The highest BCUT2D eigenvalue weighted by Crippen LogP contribution is 2.27. The Bertz CT molecular complexity index is 1280. The van der Waals surface area contributed by atoms with Crippen LogP contribution in [0.1, 0.15) is 31.5 Å². The molecule has 12 heteroatoms. The van der Waals surface area contributed by atoms with E-state index >= 15 is 0 Å². The molecular weight excluding hydrogens is 502 g/mol. The fourth-order valence-corrected chi connectivity index (χ4v) is 4.42. The van der Waals surface area contributed by atoms with Crippen LogP contribution in [0.3, 0.4) is 0 Å². The Kier molecular flexibility index (Phi) is 8.84. The van der Waals surface area contributed by atoms with Gasteiger partial charge in [0.15, 0.2) is 11.5 Å². The molecule has 2 aromatic heterocycles. The van der Waals surface area contributed by atoms with E-state index in [-0.39, 0.29) is 18.4 Å². The lowest BCUT2D eigenvalue weighted by Crippen LogP contribution is -2.57. The van der Waals surface area contributed by atoms with Crippen molar-refractivity contribution in [1.29, 1.82) is 0 Å². The third-order valence-corrected chi connectivity index (χ3v) is 6.30. The summed E-state index contributed by atoms with van der Waals surface area (Å²) in [6.45, 7) is 7.17. The van der Waals surface area contributed by atoms with Crippen LogP contribution >= 0.6 is 0 Å². The van der Waals surface area contributed by atoms with E-state index in [1.54, 1.807) is 62.3 Å². The molecule has 1 fully saturated rings. The van der Waals surface area contributed by atoms with Gasteiger partial charge in [0.1, 0.15) is 12.1 Å². The zero-order valence-corrected chi connectivity index (χ0v) is 23.0. The van der Waals surface area contributed by atoms with Gasteiger partial charge in [0.2, 0.25) is 11.9 Å². The first kappa shape index (κ1) is 27.7. The molecule has 1 atom stereocenters. The van der Waals surface area contributed by atoms with Crippen molar-refractivity contribution in [2.24, 2.45) is 0 Å². The number of imidazole rings is 1. The first-order valence-corrected chi connectivity index (χ1v) is 12.8. The van der Waals surface area contributed by atoms with Crippen LogP contribution in [0.25, 0.3) is 5.95 Å². The number of hydrogen-bond donors (Lipinski definition) is 1. The summed E-state index contributed by atoms with van der Waals surface area (Å²) in [7, 11) is 3.14. The summed E-state index contributed by atoms with van der Waals surface area (Å²) < 4.78 is 17.9. The molecule has 1 aliphatic heterocycles. The van der Waals surface area contributed by atoms with E-state index in [4.69, 9.17) is 19.2 Å². The van der Waals surface area contributed by atoms with Crippen molar-refractivity contribution in [3.05, 3.63) is 54.2 Å². The Labute approximate surface area is 227 Å². The van der Waals surface area contributed by atoms with Crippen LogP contribution in [0.5, 0.6) is 11.5 Å². The third-order valence-electron chi connectivity index (χ3n) is 6.30. The van der Waals surface area contributed by atoms with E-state index in [1.807, 2.05) is 25.1 Å². The number of piperazine rings is 1. The molecule has 3 heterocycles. The molecule has 2 amide bonds. The maximum Gasteiger partial charge on any atom is 0.410 e. The van der Waals surface area contributed by atoms with E-state index in [9.17, 15) is 9.59 Å². The number of aryl methyl sites for hydroxylation is 1. The van der Waals surface area contributed by atoms with Gasteiger partial charge in [0.05, 0.1) is 26.4 Å². The second-order valence-electron chi connectivity index (χ2n) is 9.53. The monoisotopic (exact) mass is 537 g/mol. The van der Waals surface area contributed by atoms with E-state index in [1.165, 1.54) is 0 Å². The first-order chi connectivity index (χ1) is 18.8. The number of carbonyl (C=O) groups is 2. The van der Waals surface area contributed by atoms with Crippen LogP contribution in [-0.2, 0) is 16.1 Å². The summed E-state index contributed by atoms with van der Waals surface area (Å²) in [5, 5.41) is 2.96. The maximum atomic E-state index is 13.1. The lowest BCUT2D eigenvalue weighted by atomic mass is 10.1. The highest BCUT2D eigenvalue weighted by atomic mass is 16.6. The largest absolute Gasteiger partial charge is 0.493 e. The molecule has 3 aromatic rings. The van der Waals surface area contributed by atoms with Crippen molar-refractivity contribution in [2.45, 2.75) is 45.9 Å². The smallest absolute Gasteiger partial charge is 0.410 e. The van der Waals surface area contributed by atoms with Crippen molar-refractivity contribution < 1.29 is 23.8 Å². The number of ether oxygens (including phenoxy) is 3. The van der Waals surface area contributed by atoms with Crippen molar-refractivity contribution in [2.75, 3.05) is 38.8 Å². The van der Waals surface area contributed by atoms with E-state index in [2.05, 4.69) is 20.2 Å². The molecule has 12 nitrogen and oxygen atoms in total. The Balaban J connectivity index is 1.49. The minimum absolute atomic E-state index is 0.107. The molecule has 0 radical (unpaired) electrons. The fourth-order valence-electron chi connectivity index (χ4n) is 4.42. The first-order valence-electron chi connectivity index (χ1n) is 12.8. The van der Waals surface area contributed by atoms with Gasteiger partial charge in [-0.3, -0.25) is 9.36 Å². The predicted octanol–water partition coefficient (Wildman–Crippen LogP) is 2.73. The summed E-state index contributed by atoms with van der Waals surface area (Å²) in [5.74, 6) is 2.25. The number of aromatic nitrogens is 4. The van der Waals surface area contributed by atoms with Crippen molar-refractivity contribution >= 4 is 17.8 Å². The lowest BCUT2D eigenvalue weighted by molar-refractivity contribution is -0.122. The van der Waals surface area contributed by atoms with E-state index in [0.717, 1.165) is 17.1 Å². The Hall–Kier alpha value is -4.35. The maximum absolute atomic E-state index is 13.1. The summed E-state index contributed by atoms with van der Waals surface area (Å²) in [4.78, 5) is 43.0. The van der Waals surface area contributed by atoms with Gasteiger partial charge in [-0.05, 0) is 38.5 Å². The molecule has 1 N–H and O–H groups in total. The molecule has 208 valence electrons. The van der Waals surface area contributed by atoms with Gasteiger partial charge >= 0.3 is 6.09 Å². The number of rotatable bonds is 9. The van der Waals surface area contributed by atoms with Crippen LogP contribution in [0.2, 0.25) is 0 Å². The molecule has 1 unspecified atom stereocenters. The molecule has 0 bridgehead atoms. The summed E-state index contributed by atoms with van der Waals surface area (Å²) >= 11 is 0. The molecule has 0 spiro atoms. The number of amides is 2. The van der Waals surface area contributed by atoms with Crippen LogP contribution < -0.4 is 19.7 Å². The normalized spacial score (nSPS) is 15.3. The van der Waals surface area contributed by atoms with Gasteiger partial charge in [-0.25, -0.2) is 14.8 Å². The van der Waals surface area contributed by atoms with Gasteiger partial charge in [0, 0.05) is 56.8 Å². The Morgan fingerprint density at radius 3 is 2.59 bits per heavy atom. The molecule has 39 heavy (non-hydrogen) atoms. The van der Waals surface area contributed by atoms with Crippen molar-refractivity contribution in [3.63, 3.8) is 0 Å². The Morgan fingerprint density at radius 2 is 1.90 bits per heavy atom. The number of benzene rings is 1. The Morgan fingerprint density at radius 1 is 1.10 bits per heavy atom. The molecule has 1 aliphatic rings. The zero-order chi connectivity index (χ0) is 27.9. The quantitative estimate of drug-likeness (QED) is 0.439. The van der Waals surface area contributed by atoms with Gasteiger partial charge in [0.25, 0.3) is 0 Å². The standard InChI is InChI=1S/C27H35N7O5/c1-18(2)39-27(36)34-11-10-32(24-12-19(3)30-26(31-24)33-9-8-28-17-33)16-21(34)14-25(35)29-15-20-6-7-22(37-4)23(13-20)38-5/h6-9,12-13,17-18,21H,10-11,14-16H2,1-5H3,(H,29,35). The number of carbonyl (C=O) groups excluding carboxylic acids is 2. The topological polar surface area (TPSA) is 124 Å². The van der Waals surface area contributed by atoms with E-state index in [0.29, 0.717) is 43.6 Å². The van der Waals surface area contributed by atoms with Gasteiger partial charge in [-0.2, -0.15) is 4.98 Å². The summed E-state index contributed by atoms with van der Waals surface area (Å²) in [6, 6.07) is 6.97. The van der Waals surface area contributed by atoms with Crippen LogP contribution in [0.15, 0.2) is 43.0 Å². The third kappa shape index (κ3) is 6.95. The van der Waals surface area contributed by atoms with Gasteiger partial charge in [-0.1, -0.05) is 6.07 Å². The van der Waals surface area contributed by atoms with Crippen LogP contribution in [0.4, 0.5) is 10.6 Å². The highest BCUT2D eigenvalue weighted by Gasteiger charge is 2.34. The number of nitrogens with one attached hydrogen (secondary N) is 1. The minimum atomic E-state index is -0.430. The second-order valence-corrected chi connectivity index (χ2v) is 9.53. The van der Waals surface area contributed by atoms with Crippen LogP contribution in [-0.4, -0.2) is 82.4 Å². The summed E-state index contributed by atoms with van der Waals surface area (Å²) in [5.41, 5.74) is 1.67. The van der Waals surface area contributed by atoms with Gasteiger partial charge in [-0.15, -0.1) is 0 Å². The molecule has 0 aliphatic carbocycles. The number of hydrogen-bond acceptors (Lipinski definition) is 9. The van der Waals surface area contributed by atoms with Gasteiger partial charge < -0.3 is 29.3 Å². The minimum Gasteiger partial charge on any atom is -0.493 e. The lowest BCUT2D eigenvalue weighted by Gasteiger charge is -2.41. The van der Waals surface area contributed by atoms with Crippen molar-refractivity contribution in [1.82, 2.24) is 29.7 Å². The molecule has 4 rings (SSSR count). The number of methoxy groups -OCH3 is 2. The molecule has 1 saturated heterocycles. The average Bonchev–Trinajstić information content (AvgIpc) is 3.46. The average molecular weight is 538 g/mol. The molecule has 1 aromatic carbocycles.